The fraction of sp³-hybridized carbons (Fsp3) is 0.211. The number of benzene rings is 2. The molecule has 124 valence electrons. The molecule has 3 rings (SSSR count). The van der Waals surface area contributed by atoms with Crippen molar-refractivity contribution in [3.63, 3.8) is 0 Å². The van der Waals surface area contributed by atoms with E-state index in [-0.39, 0.29) is 18.4 Å². The number of amides is 1. The molecule has 0 unspecified atom stereocenters. The van der Waals surface area contributed by atoms with Gasteiger partial charge in [-0.1, -0.05) is 60.7 Å². The zero-order valence-corrected chi connectivity index (χ0v) is 17.2. The Bertz CT molecular complexity index is 746. The number of likely N-dealkylation sites (tertiary alicyclic amines) is 1. The summed E-state index contributed by atoms with van der Waals surface area (Å²) < 4.78 is 2.08. The van der Waals surface area contributed by atoms with Gasteiger partial charge in [0.1, 0.15) is 0 Å². The molecule has 0 radical (unpaired) electrons. The topological polar surface area (TPSA) is 40.5 Å². The predicted octanol–water partition coefficient (Wildman–Crippen LogP) is 4.39. The summed E-state index contributed by atoms with van der Waals surface area (Å²) in [4.78, 5) is 14.2. The number of nitrogens with zero attached hydrogens (tertiary/aromatic N) is 1. The second-order valence-corrected chi connectivity index (χ2v) is 7.99. The van der Waals surface area contributed by atoms with Crippen molar-refractivity contribution >= 4 is 54.7 Å². The summed E-state index contributed by atoms with van der Waals surface area (Å²) in [5, 5.41) is 10.5. The minimum Gasteiger partial charge on any atom is -0.390 e. The van der Waals surface area contributed by atoms with Crippen molar-refractivity contribution in [1.82, 2.24) is 4.90 Å². The van der Waals surface area contributed by atoms with Crippen molar-refractivity contribution in [2.75, 3.05) is 0 Å². The van der Waals surface area contributed by atoms with Gasteiger partial charge in [-0.15, -0.1) is 0 Å². The number of carbonyl (C=O) groups excluding carboxylic acids is 1. The Hall–Kier alpha value is -0.930. The van der Waals surface area contributed by atoms with Gasteiger partial charge in [0, 0.05) is 13.7 Å². The van der Waals surface area contributed by atoms with E-state index in [9.17, 15) is 9.90 Å². The van der Waals surface area contributed by atoms with E-state index in [0.29, 0.717) is 6.54 Å². The standard InChI is InChI=1S/C19H17I2NO2/c20-17(14-9-5-2-6-10-14)18(21)19-15(23)11-16(24)22(19)12-13-7-3-1-4-8-13/h1-10,15,19,23H,11-12H2/b18-17+/t15-,19+/m0/s1. The molecule has 2 aromatic rings. The molecule has 0 aromatic heterocycles. The first-order valence-electron chi connectivity index (χ1n) is 7.70. The maximum absolute atomic E-state index is 12.4. The molecule has 24 heavy (non-hydrogen) atoms. The van der Waals surface area contributed by atoms with Crippen molar-refractivity contribution in [3.05, 3.63) is 75.4 Å². The molecule has 0 bridgehead atoms. The van der Waals surface area contributed by atoms with Crippen molar-refractivity contribution in [1.29, 1.82) is 0 Å². The Morgan fingerprint density at radius 3 is 2.25 bits per heavy atom. The van der Waals surface area contributed by atoms with Gasteiger partial charge in [0.25, 0.3) is 0 Å². The Balaban J connectivity index is 1.92. The van der Waals surface area contributed by atoms with E-state index in [1.54, 1.807) is 4.90 Å². The zero-order chi connectivity index (χ0) is 17.1. The van der Waals surface area contributed by atoms with E-state index in [1.165, 1.54) is 0 Å². The molecular weight excluding hydrogens is 528 g/mol. The first-order chi connectivity index (χ1) is 11.6. The minimum absolute atomic E-state index is 0.00257. The van der Waals surface area contributed by atoms with Crippen LogP contribution in [0.15, 0.2) is 64.2 Å². The molecule has 1 aliphatic heterocycles. The largest absolute Gasteiger partial charge is 0.390 e. The lowest BCUT2D eigenvalue weighted by Crippen LogP contribution is -2.37. The van der Waals surface area contributed by atoms with E-state index < -0.39 is 6.10 Å². The second kappa shape index (κ2) is 7.97. The molecule has 2 atom stereocenters. The molecule has 0 spiro atoms. The second-order valence-electron chi connectivity index (χ2n) is 5.75. The zero-order valence-electron chi connectivity index (χ0n) is 12.9. The number of halogens is 2. The van der Waals surface area contributed by atoms with Crippen LogP contribution in [-0.4, -0.2) is 28.1 Å². The van der Waals surface area contributed by atoms with Gasteiger partial charge < -0.3 is 10.0 Å². The summed E-state index contributed by atoms with van der Waals surface area (Å²) in [5.74, 6) is 0.00257. The molecule has 0 saturated carbocycles. The first kappa shape index (κ1) is 17.9. The highest BCUT2D eigenvalue weighted by atomic mass is 127. The Kier molecular flexibility index (Phi) is 5.93. The van der Waals surface area contributed by atoms with Crippen LogP contribution in [0.1, 0.15) is 17.5 Å². The highest BCUT2D eigenvalue weighted by molar-refractivity contribution is 14.1. The van der Waals surface area contributed by atoms with E-state index in [2.05, 4.69) is 45.2 Å². The van der Waals surface area contributed by atoms with Crippen LogP contribution in [0.3, 0.4) is 0 Å². The Morgan fingerprint density at radius 1 is 1.04 bits per heavy atom. The van der Waals surface area contributed by atoms with Gasteiger partial charge in [-0.2, -0.15) is 0 Å². The summed E-state index contributed by atoms with van der Waals surface area (Å²) in [7, 11) is 0. The van der Waals surface area contributed by atoms with Gasteiger partial charge >= 0.3 is 0 Å². The van der Waals surface area contributed by atoms with Crippen LogP contribution >= 0.6 is 45.2 Å². The average molecular weight is 545 g/mol. The fourth-order valence-electron chi connectivity index (χ4n) is 2.90. The third-order valence-electron chi connectivity index (χ3n) is 4.10. The molecule has 1 amide bonds. The quantitative estimate of drug-likeness (QED) is 0.580. The summed E-state index contributed by atoms with van der Waals surface area (Å²) in [6, 6.07) is 19.7. The molecule has 1 heterocycles. The van der Waals surface area contributed by atoms with Crippen molar-refractivity contribution < 1.29 is 9.90 Å². The SMILES string of the molecule is O=C1C[C@H](O)[C@H](/C(I)=C(\I)c2ccccc2)N1Cc1ccccc1. The molecule has 1 saturated heterocycles. The highest BCUT2D eigenvalue weighted by Gasteiger charge is 2.41. The smallest absolute Gasteiger partial charge is 0.226 e. The summed E-state index contributed by atoms with van der Waals surface area (Å²) in [6.07, 6.45) is -0.482. The molecule has 3 nitrogen and oxygen atoms in total. The number of aliphatic hydroxyl groups is 1. The summed E-state index contributed by atoms with van der Waals surface area (Å²) in [6.45, 7) is 0.520. The van der Waals surface area contributed by atoms with Crippen LogP contribution in [0.2, 0.25) is 0 Å². The monoisotopic (exact) mass is 545 g/mol. The van der Waals surface area contributed by atoms with Crippen LogP contribution in [0.4, 0.5) is 0 Å². The van der Waals surface area contributed by atoms with Crippen LogP contribution in [0.5, 0.6) is 0 Å². The summed E-state index contributed by atoms with van der Waals surface area (Å²) in [5.41, 5.74) is 2.18. The third kappa shape index (κ3) is 3.83. The molecule has 1 aliphatic rings. The minimum atomic E-state index is -0.665. The number of carbonyl (C=O) groups is 1. The van der Waals surface area contributed by atoms with Crippen molar-refractivity contribution in [2.45, 2.75) is 25.1 Å². The molecule has 5 heteroatoms. The van der Waals surface area contributed by atoms with Crippen LogP contribution in [0.25, 0.3) is 3.58 Å². The summed E-state index contributed by atoms with van der Waals surface area (Å²) >= 11 is 4.58. The van der Waals surface area contributed by atoms with Crippen molar-refractivity contribution in [2.24, 2.45) is 0 Å². The average Bonchev–Trinajstić information content (AvgIpc) is 2.89. The third-order valence-corrected chi connectivity index (χ3v) is 7.51. The lowest BCUT2D eigenvalue weighted by Gasteiger charge is -2.27. The lowest BCUT2D eigenvalue weighted by atomic mass is 10.1. The number of hydrogen-bond donors (Lipinski definition) is 1. The Labute approximate surface area is 169 Å². The predicted molar refractivity (Wildman–Crippen MR) is 113 cm³/mol. The van der Waals surface area contributed by atoms with Gasteiger partial charge in [0.2, 0.25) is 5.91 Å². The van der Waals surface area contributed by atoms with Gasteiger partial charge in [0.05, 0.1) is 18.6 Å². The van der Waals surface area contributed by atoms with E-state index >= 15 is 0 Å². The van der Waals surface area contributed by atoms with Crippen LogP contribution in [-0.2, 0) is 11.3 Å². The Morgan fingerprint density at radius 2 is 1.62 bits per heavy atom. The van der Waals surface area contributed by atoms with Crippen molar-refractivity contribution in [3.8, 4) is 0 Å². The first-order valence-corrected chi connectivity index (χ1v) is 9.85. The van der Waals surface area contributed by atoms with E-state index in [0.717, 1.165) is 18.3 Å². The van der Waals surface area contributed by atoms with Crippen LogP contribution in [0, 0.1) is 0 Å². The normalized spacial score (nSPS) is 21.8. The molecule has 0 aliphatic carbocycles. The molecule has 1 N–H and O–H groups in total. The maximum atomic E-state index is 12.4. The van der Waals surface area contributed by atoms with E-state index in [1.807, 2.05) is 60.7 Å². The van der Waals surface area contributed by atoms with E-state index in [4.69, 9.17) is 0 Å². The van der Waals surface area contributed by atoms with Gasteiger partial charge in [-0.05, 0) is 56.3 Å². The molecule has 1 fully saturated rings. The fourth-order valence-corrected chi connectivity index (χ4v) is 4.64. The number of aliphatic hydroxyl groups excluding tert-OH is 1. The maximum Gasteiger partial charge on any atom is 0.226 e. The number of hydrogen-bond acceptors (Lipinski definition) is 2. The molecule has 2 aromatic carbocycles. The molecular formula is C19H17I2NO2. The van der Waals surface area contributed by atoms with Gasteiger partial charge in [-0.25, -0.2) is 0 Å². The van der Waals surface area contributed by atoms with Gasteiger partial charge in [0.15, 0.2) is 0 Å². The van der Waals surface area contributed by atoms with Gasteiger partial charge in [-0.3, -0.25) is 4.79 Å². The van der Waals surface area contributed by atoms with Crippen LogP contribution < -0.4 is 0 Å². The lowest BCUT2D eigenvalue weighted by molar-refractivity contribution is -0.129. The highest BCUT2D eigenvalue weighted by Crippen LogP contribution is 2.38. The number of rotatable bonds is 4.